The van der Waals surface area contributed by atoms with E-state index in [1.165, 1.54) is 19.1 Å². The van der Waals surface area contributed by atoms with Crippen LogP contribution in [0.5, 0.6) is 0 Å². The normalized spacial score (nSPS) is 16.0. The number of carbonyl (C=O) groups is 1. The van der Waals surface area contributed by atoms with E-state index in [-0.39, 0.29) is 27.7 Å². The zero-order valence-corrected chi connectivity index (χ0v) is 14.4. The highest BCUT2D eigenvalue weighted by molar-refractivity contribution is 7.90. The number of hydrogen-bond donors (Lipinski definition) is 3. The number of nitrogens with one attached hydrogen (secondary N) is 2. The van der Waals surface area contributed by atoms with Gasteiger partial charge in [0.2, 0.25) is 0 Å². The van der Waals surface area contributed by atoms with Gasteiger partial charge >= 0.3 is 0 Å². The minimum Gasteiger partial charge on any atom is -0.385 e. The van der Waals surface area contributed by atoms with Crippen molar-refractivity contribution in [2.75, 3.05) is 10.6 Å². The smallest absolute Gasteiger partial charge is 0.286 e. The van der Waals surface area contributed by atoms with Crippen molar-refractivity contribution < 1.29 is 31.5 Å². The zero-order chi connectivity index (χ0) is 19.9. The standard InChI is InChI=1S/C16H12F3N3O4S/c1-7(23)15-21-12-3-2-8(4-13(12)27(25,26)22-15)16(24)20-9-5-10(17)14(19)11(18)6-9/h2-7,23H,1H3,(H,20,24)(H,21,22)/t7-/m0/s1. The van der Waals surface area contributed by atoms with E-state index in [4.69, 9.17) is 0 Å². The Hall–Kier alpha value is -2.92. The highest BCUT2D eigenvalue weighted by atomic mass is 32.2. The van der Waals surface area contributed by atoms with Gasteiger partial charge in [0.05, 0.1) is 5.69 Å². The first-order valence-corrected chi connectivity index (χ1v) is 8.92. The van der Waals surface area contributed by atoms with Gasteiger partial charge in [-0.25, -0.2) is 13.2 Å². The Kier molecular flexibility index (Phi) is 4.66. The molecule has 11 heteroatoms. The van der Waals surface area contributed by atoms with Crippen LogP contribution in [0, 0.1) is 17.5 Å². The Balaban J connectivity index is 1.92. The molecule has 7 nitrogen and oxygen atoms in total. The van der Waals surface area contributed by atoms with Gasteiger partial charge in [-0.2, -0.15) is 8.42 Å². The van der Waals surface area contributed by atoms with Crippen LogP contribution in [-0.2, 0) is 10.0 Å². The summed E-state index contributed by atoms with van der Waals surface area (Å²) < 4.78 is 67.3. The van der Waals surface area contributed by atoms with E-state index in [1.54, 1.807) is 0 Å². The summed E-state index contributed by atoms with van der Waals surface area (Å²) in [6, 6.07) is 4.74. The molecule has 142 valence electrons. The number of amides is 1. The van der Waals surface area contributed by atoms with Crippen LogP contribution in [0.4, 0.5) is 24.5 Å². The molecular weight excluding hydrogens is 387 g/mol. The van der Waals surface area contributed by atoms with Crippen molar-refractivity contribution in [1.82, 2.24) is 0 Å². The van der Waals surface area contributed by atoms with E-state index >= 15 is 0 Å². The van der Waals surface area contributed by atoms with Crippen molar-refractivity contribution in [3.05, 3.63) is 53.3 Å². The molecule has 0 aliphatic carbocycles. The second-order valence-corrected chi connectivity index (χ2v) is 7.24. The molecule has 3 N–H and O–H groups in total. The van der Waals surface area contributed by atoms with Gasteiger partial charge < -0.3 is 15.7 Å². The number of amidine groups is 1. The Morgan fingerprint density at radius 2 is 1.81 bits per heavy atom. The van der Waals surface area contributed by atoms with E-state index in [2.05, 4.69) is 15.0 Å². The lowest BCUT2D eigenvalue weighted by molar-refractivity contribution is 0.102. The van der Waals surface area contributed by atoms with Crippen molar-refractivity contribution in [1.29, 1.82) is 0 Å². The van der Waals surface area contributed by atoms with Crippen LogP contribution in [0.25, 0.3) is 0 Å². The molecule has 1 heterocycles. The summed E-state index contributed by atoms with van der Waals surface area (Å²) in [5.41, 5.74) is -0.374. The van der Waals surface area contributed by atoms with Gasteiger partial charge in [0.25, 0.3) is 15.9 Å². The summed E-state index contributed by atoms with van der Waals surface area (Å²) in [6.45, 7) is 1.33. The molecule has 2 aromatic rings. The maximum Gasteiger partial charge on any atom is 0.286 e. The topological polar surface area (TPSA) is 108 Å². The maximum absolute atomic E-state index is 13.2. The molecule has 1 amide bonds. The van der Waals surface area contributed by atoms with Gasteiger partial charge in [-0.05, 0) is 25.1 Å². The lowest BCUT2D eigenvalue weighted by atomic mass is 10.1. The molecule has 0 spiro atoms. The Bertz CT molecular complexity index is 1060. The highest BCUT2D eigenvalue weighted by Gasteiger charge is 2.28. The summed E-state index contributed by atoms with van der Waals surface area (Å²) >= 11 is 0. The number of nitrogens with zero attached hydrogens (tertiary/aromatic N) is 1. The summed E-state index contributed by atoms with van der Waals surface area (Å²) in [7, 11) is -4.17. The first-order valence-electron chi connectivity index (χ1n) is 7.48. The molecule has 3 rings (SSSR count). The highest BCUT2D eigenvalue weighted by Crippen LogP contribution is 2.29. The fourth-order valence-corrected chi connectivity index (χ4v) is 3.56. The number of sulfonamides is 1. The molecule has 2 aromatic carbocycles. The predicted molar refractivity (Wildman–Crippen MR) is 90.6 cm³/mol. The average Bonchev–Trinajstić information content (AvgIpc) is 2.58. The molecule has 1 atom stereocenters. The van der Waals surface area contributed by atoms with E-state index in [9.17, 15) is 31.5 Å². The molecule has 0 aromatic heterocycles. The van der Waals surface area contributed by atoms with Gasteiger partial charge in [-0.15, -0.1) is 4.40 Å². The van der Waals surface area contributed by atoms with E-state index in [0.29, 0.717) is 12.1 Å². The summed E-state index contributed by atoms with van der Waals surface area (Å²) in [5, 5.41) is 14.3. The first-order chi connectivity index (χ1) is 12.6. The third-order valence-corrected chi connectivity index (χ3v) is 4.97. The van der Waals surface area contributed by atoms with Crippen LogP contribution in [-0.4, -0.2) is 31.4 Å². The Labute approximate surface area is 151 Å². The Morgan fingerprint density at radius 1 is 1.19 bits per heavy atom. The number of aliphatic hydroxyl groups excluding tert-OH is 1. The SMILES string of the molecule is C[C@H](O)C1=NS(=O)(=O)c2cc(C(=O)Nc3cc(F)c(F)c(F)c3)ccc2N1. The van der Waals surface area contributed by atoms with Gasteiger partial charge in [0.15, 0.2) is 17.5 Å². The van der Waals surface area contributed by atoms with Gasteiger partial charge in [0, 0.05) is 23.4 Å². The number of hydrogen-bond acceptors (Lipinski definition) is 5. The van der Waals surface area contributed by atoms with Crippen molar-refractivity contribution >= 4 is 33.1 Å². The molecule has 0 radical (unpaired) electrons. The number of aliphatic hydroxyl groups is 1. The van der Waals surface area contributed by atoms with E-state index < -0.39 is 39.5 Å². The van der Waals surface area contributed by atoms with Gasteiger partial charge in [-0.3, -0.25) is 4.79 Å². The van der Waals surface area contributed by atoms with Crippen LogP contribution in [0.2, 0.25) is 0 Å². The zero-order valence-electron chi connectivity index (χ0n) is 13.6. The van der Waals surface area contributed by atoms with Crippen LogP contribution >= 0.6 is 0 Å². The fraction of sp³-hybridized carbons (Fsp3) is 0.125. The second kappa shape index (κ2) is 6.67. The number of fused-ring (bicyclic) bond motifs is 1. The molecule has 0 saturated heterocycles. The molecule has 0 fully saturated rings. The van der Waals surface area contributed by atoms with Crippen LogP contribution in [0.3, 0.4) is 0 Å². The molecular formula is C16H12F3N3O4S. The second-order valence-electron chi connectivity index (χ2n) is 5.67. The molecule has 0 unspecified atom stereocenters. The van der Waals surface area contributed by atoms with Gasteiger partial charge in [-0.1, -0.05) is 0 Å². The van der Waals surface area contributed by atoms with Crippen LogP contribution in [0.1, 0.15) is 17.3 Å². The number of benzene rings is 2. The number of halogens is 3. The Morgan fingerprint density at radius 3 is 2.41 bits per heavy atom. The molecule has 1 aliphatic heterocycles. The van der Waals surface area contributed by atoms with Crippen LogP contribution < -0.4 is 10.6 Å². The minimum absolute atomic E-state index is 0.108. The van der Waals surface area contributed by atoms with Crippen molar-refractivity contribution in [2.24, 2.45) is 4.40 Å². The molecule has 0 saturated carbocycles. The summed E-state index contributed by atoms with van der Waals surface area (Å²) in [5.74, 6) is -5.68. The van der Waals surface area contributed by atoms with Crippen molar-refractivity contribution in [2.45, 2.75) is 17.9 Å². The fourth-order valence-electron chi connectivity index (χ4n) is 2.33. The monoisotopic (exact) mass is 399 g/mol. The quantitative estimate of drug-likeness (QED) is 0.686. The lowest BCUT2D eigenvalue weighted by Crippen LogP contribution is -2.30. The maximum atomic E-state index is 13.2. The largest absolute Gasteiger partial charge is 0.385 e. The average molecular weight is 399 g/mol. The lowest BCUT2D eigenvalue weighted by Gasteiger charge is -2.20. The predicted octanol–water partition coefficient (Wildman–Crippen LogP) is 2.25. The molecule has 27 heavy (non-hydrogen) atoms. The van der Waals surface area contributed by atoms with Crippen LogP contribution in [0.15, 0.2) is 39.6 Å². The third kappa shape index (κ3) is 3.64. The van der Waals surface area contributed by atoms with E-state index in [0.717, 1.165) is 6.07 Å². The minimum atomic E-state index is -4.17. The third-order valence-electron chi connectivity index (χ3n) is 3.64. The van der Waals surface area contributed by atoms with Gasteiger partial charge in [0.1, 0.15) is 16.8 Å². The summed E-state index contributed by atoms with van der Waals surface area (Å²) in [6.07, 6.45) is -1.15. The number of rotatable bonds is 3. The summed E-state index contributed by atoms with van der Waals surface area (Å²) in [4.78, 5) is 11.9. The molecule has 0 bridgehead atoms. The number of anilines is 2. The first kappa shape index (κ1) is 18.9. The van der Waals surface area contributed by atoms with Crippen molar-refractivity contribution in [3.8, 4) is 0 Å². The molecule has 1 aliphatic rings. The number of carbonyl (C=O) groups excluding carboxylic acids is 1. The van der Waals surface area contributed by atoms with E-state index in [1.807, 2.05) is 0 Å². The van der Waals surface area contributed by atoms with Crippen molar-refractivity contribution in [3.63, 3.8) is 0 Å².